The number of hydrogen-bond acceptors (Lipinski definition) is 4. The van der Waals surface area contributed by atoms with E-state index in [4.69, 9.17) is 9.47 Å². The van der Waals surface area contributed by atoms with Crippen molar-refractivity contribution in [2.45, 2.75) is 50.6 Å². The van der Waals surface area contributed by atoms with E-state index in [0.29, 0.717) is 42.5 Å². The van der Waals surface area contributed by atoms with E-state index in [0.717, 1.165) is 30.4 Å². The minimum Gasteiger partial charge on any atom is -0.497 e. The fourth-order valence-corrected chi connectivity index (χ4v) is 7.22. The fraction of sp³-hybridized carbons (Fsp3) is 0.316. The van der Waals surface area contributed by atoms with Gasteiger partial charge in [0.2, 0.25) is 11.8 Å². The lowest BCUT2D eigenvalue weighted by molar-refractivity contribution is -0.150. The lowest BCUT2D eigenvalue weighted by Crippen LogP contribution is -2.62. The highest BCUT2D eigenvalue weighted by Gasteiger charge is 2.52. The van der Waals surface area contributed by atoms with Gasteiger partial charge in [0.25, 0.3) is 0 Å². The van der Waals surface area contributed by atoms with Crippen LogP contribution in [0.25, 0.3) is 0 Å². The monoisotopic (exact) mass is 588 g/mol. The van der Waals surface area contributed by atoms with Crippen LogP contribution in [0.3, 0.4) is 0 Å². The molecular formula is C38H40N2O4. The normalized spacial score (nSPS) is 20.5. The van der Waals surface area contributed by atoms with Gasteiger partial charge < -0.3 is 19.7 Å². The Bertz CT molecular complexity index is 1610. The average molecular weight is 589 g/mol. The summed E-state index contributed by atoms with van der Waals surface area (Å²) in [5.74, 6) is 1.69. The second kappa shape index (κ2) is 13.0. The predicted molar refractivity (Wildman–Crippen MR) is 173 cm³/mol. The van der Waals surface area contributed by atoms with Crippen molar-refractivity contribution < 1.29 is 19.1 Å². The van der Waals surface area contributed by atoms with E-state index in [-0.39, 0.29) is 24.2 Å². The lowest BCUT2D eigenvalue weighted by Gasteiger charge is -2.51. The van der Waals surface area contributed by atoms with Gasteiger partial charge in [-0.3, -0.25) is 9.59 Å². The maximum absolute atomic E-state index is 14.8. The highest BCUT2D eigenvalue weighted by atomic mass is 16.5. The largest absolute Gasteiger partial charge is 0.497 e. The quantitative estimate of drug-likeness (QED) is 0.232. The van der Waals surface area contributed by atoms with Crippen LogP contribution in [0, 0.1) is 11.8 Å². The Hall–Kier alpha value is -4.58. The van der Waals surface area contributed by atoms with Gasteiger partial charge >= 0.3 is 0 Å². The number of methoxy groups -OCH3 is 2. The van der Waals surface area contributed by atoms with E-state index in [1.54, 1.807) is 26.4 Å². The van der Waals surface area contributed by atoms with Gasteiger partial charge in [-0.25, -0.2) is 0 Å². The Balaban J connectivity index is 1.41. The van der Waals surface area contributed by atoms with Crippen LogP contribution in [-0.4, -0.2) is 36.5 Å². The van der Waals surface area contributed by atoms with Crippen molar-refractivity contribution in [2.24, 2.45) is 11.8 Å². The third-order valence-corrected chi connectivity index (χ3v) is 9.56. The molecule has 2 aliphatic rings. The van der Waals surface area contributed by atoms with Gasteiger partial charge in [-0.2, -0.15) is 0 Å². The summed E-state index contributed by atoms with van der Waals surface area (Å²) in [6.07, 6.45) is 4.22. The number of benzene rings is 4. The first-order chi connectivity index (χ1) is 21.5. The molecule has 6 rings (SSSR count). The molecule has 0 saturated heterocycles. The number of ether oxygens (including phenoxy) is 2. The fourth-order valence-electron chi connectivity index (χ4n) is 7.22. The van der Waals surface area contributed by atoms with Crippen molar-refractivity contribution in [3.05, 3.63) is 125 Å². The molecule has 1 saturated carbocycles. The van der Waals surface area contributed by atoms with Crippen molar-refractivity contribution in [1.29, 1.82) is 0 Å². The van der Waals surface area contributed by atoms with Gasteiger partial charge in [0.15, 0.2) is 0 Å². The van der Waals surface area contributed by atoms with E-state index in [1.165, 1.54) is 11.1 Å². The first-order valence-corrected chi connectivity index (χ1v) is 15.5. The lowest BCUT2D eigenvalue weighted by atomic mass is 9.62. The van der Waals surface area contributed by atoms with Crippen LogP contribution in [0.5, 0.6) is 11.5 Å². The van der Waals surface area contributed by atoms with Crippen LogP contribution in [0.1, 0.15) is 41.5 Å². The third-order valence-electron chi connectivity index (χ3n) is 9.56. The molecule has 4 aromatic carbocycles. The average Bonchev–Trinajstić information content (AvgIpc) is 3.07. The Morgan fingerprint density at radius 3 is 2.09 bits per heavy atom. The van der Waals surface area contributed by atoms with Crippen LogP contribution in [0.4, 0.5) is 5.69 Å². The molecular weight excluding hydrogens is 548 g/mol. The standard InChI is InChI=1S/C38H40N2O4/c1-43-33-17-18-34(35(24-33)44-2)39-37(42)38(20-19-31-22-29-15-9-10-16-30(29)23-32(31)25-38)40(26-28-13-7-4-8-14-28)36(41)21-27-11-5-3-6-12-27/h3-18,24,31-32H,19-23,25-26H2,1-2H3,(H,39,42)/t31-,32+,38-/m0/s1. The van der Waals surface area contributed by atoms with Crippen molar-refractivity contribution >= 4 is 17.5 Å². The molecule has 0 radical (unpaired) electrons. The topological polar surface area (TPSA) is 67.9 Å². The van der Waals surface area contributed by atoms with Crippen LogP contribution >= 0.6 is 0 Å². The summed E-state index contributed by atoms with van der Waals surface area (Å²) >= 11 is 0. The van der Waals surface area contributed by atoms with Crippen LogP contribution in [-0.2, 0) is 35.4 Å². The Morgan fingerprint density at radius 1 is 0.795 bits per heavy atom. The van der Waals surface area contributed by atoms with E-state index < -0.39 is 5.54 Å². The van der Waals surface area contributed by atoms with Crippen molar-refractivity contribution in [1.82, 2.24) is 4.90 Å². The van der Waals surface area contributed by atoms with Crippen molar-refractivity contribution in [3.63, 3.8) is 0 Å². The Labute approximate surface area is 260 Å². The first-order valence-electron chi connectivity index (χ1n) is 15.5. The predicted octanol–water partition coefficient (Wildman–Crippen LogP) is 6.87. The van der Waals surface area contributed by atoms with Crippen molar-refractivity contribution in [2.75, 3.05) is 19.5 Å². The molecule has 0 spiro atoms. The zero-order valence-corrected chi connectivity index (χ0v) is 25.5. The molecule has 3 atom stereocenters. The Morgan fingerprint density at radius 2 is 1.43 bits per heavy atom. The van der Waals surface area contributed by atoms with E-state index in [9.17, 15) is 9.59 Å². The summed E-state index contributed by atoms with van der Waals surface area (Å²) in [7, 11) is 3.18. The molecule has 6 nitrogen and oxygen atoms in total. The van der Waals surface area contributed by atoms with Crippen LogP contribution in [0.15, 0.2) is 103 Å². The summed E-state index contributed by atoms with van der Waals surface area (Å²) in [5, 5.41) is 3.21. The molecule has 6 heteroatoms. The summed E-state index contributed by atoms with van der Waals surface area (Å²) in [4.78, 5) is 31.2. The van der Waals surface area contributed by atoms with E-state index >= 15 is 0 Å². The molecule has 0 bridgehead atoms. The molecule has 1 fully saturated rings. The summed E-state index contributed by atoms with van der Waals surface area (Å²) in [6, 6.07) is 33.9. The maximum atomic E-state index is 14.8. The zero-order valence-electron chi connectivity index (χ0n) is 25.5. The van der Waals surface area contributed by atoms with Gasteiger partial charge in [-0.1, -0.05) is 84.9 Å². The number of rotatable bonds is 9. The molecule has 0 aromatic heterocycles. The summed E-state index contributed by atoms with van der Waals surface area (Å²) < 4.78 is 11.0. The molecule has 0 heterocycles. The second-order valence-electron chi connectivity index (χ2n) is 12.1. The molecule has 4 aromatic rings. The minimum atomic E-state index is -1.04. The number of anilines is 1. The van der Waals surface area contributed by atoms with Gasteiger partial charge in [0.05, 0.1) is 26.3 Å². The molecule has 2 amide bonds. The van der Waals surface area contributed by atoms with E-state index in [1.807, 2.05) is 71.6 Å². The minimum absolute atomic E-state index is 0.0495. The highest BCUT2D eigenvalue weighted by Crippen LogP contribution is 2.47. The molecule has 2 aliphatic carbocycles. The molecule has 0 aliphatic heterocycles. The number of hydrogen-bond donors (Lipinski definition) is 1. The zero-order chi connectivity index (χ0) is 30.5. The van der Waals surface area contributed by atoms with Crippen molar-refractivity contribution in [3.8, 4) is 11.5 Å². The molecule has 226 valence electrons. The van der Waals surface area contributed by atoms with E-state index in [2.05, 4.69) is 29.6 Å². The smallest absolute Gasteiger partial charge is 0.250 e. The van der Waals surface area contributed by atoms with Crippen LogP contribution in [0.2, 0.25) is 0 Å². The SMILES string of the molecule is COc1ccc(NC(=O)[C@]2(N(Cc3ccccc3)C(=O)Cc3ccccc3)CC[C@H]3Cc4ccccc4C[C@@H]3C2)c(OC)c1. The van der Waals surface area contributed by atoms with Gasteiger partial charge in [-0.05, 0) is 78.3 Å². The molecule has 44 heavy (non-hydrogen) atoms. The molecule has 1 N–H and O–H groups in total. The van der Waals surface area contributed by atoms with Crippen LogP contribution < -0.4 is 14.8 Å². The number of carbonyl (C=O) groups is 2. The van der Waals surface area contributed by atoms with Gasteiger partial charge in [-0.15, -0.1) is 0 Å². The molecule has 0 unspecified atom stereocenters. The number of fused-ring (bicyclic) bond motifs is 2. The second-order valence-corrected chi connectivity index (χ2v) is 12.1. The highest BCUT2D eigenvalue weighted by molar-refractivity contribution is 6.02. The summed E-state index contributed by atoms with van der Waals surface area (Å²) in [5.41, 5.74) is 4.22. The Kier molecular flexibility index (Phi) is 8.69. The third kappa shape index (κ3) is 6.07. The number of nitrogens with one attached hydrogen (secondary N) is 1. The maximum Gasteiger partial charge on any atom is 0.250 e. The van der Waals surface area contributed by atoms with Gasteiger partial charge in [0.1, 0.15) is 17.0 Å². The number of nitrogens with zero attached hydrogens (tertiary/aromatic N) is 1. The summed E-state index contributed by atoms with van der Waals surface area (Å²) in [6.45, 7) is 0.355. The number of carbonyl (C=O) groups excluding carboxylic acids is 2. The first kappa shape index (κ1) is 29.5. The van der Waals surface area contributed by atoms with Gasteiger partial charge in [0, 0.05) is 12.6 Å². The number of amides is 2.